The van der Waals surface area contributed by atoms with Crippen LogP contribution in [0.3, 0.4) is 0 Å². The van der Waals surface area contributed by atoms with E-state index in [4.69, 9.17) is 0 Å². The molecule has 0 aliphatic rings. The molecular weight excluding hydrogens is 326 g/mol. The van der Waals surface area contributed by atoms with Crippen LogP contribution in [0, 0.1) is 5.41 Å². The van der Waals surface area contributed by atoms with Crippen LogP contribution in [0.5, 0.6) is 0 Å². The Kier molecular flexibility index (Phi) is 6.03. The fourth-order valence-electron chi connectivity index (χ4n) is 2.38. The molecule has 7 heteroatoms. The Hall–Kier alpha value is -2.28. The third kappa shape index (κ3) is 4.17. The average molecular weight is 347 g/mol. The highest BCUT2D eigenvalue weighted by Gasteiger charge is 2.35. The molecule has 2 aromatic rings. The van der Waals surface area contributed by atoms with Crippen LogP contribution in [-0.4, -0.2) is 33.5 Å². The van der Waals surface area contributed by atoms with Crippen molar-refractivity contribution >= 4 is 23.2 Å². The number of carbonyl (C=O) groups is 2. The molecule has 0 aliphatic carbocycles. The van der Waals surface area contributed by atoms with E-state index in [1.54, 1.807) is 12.4 Å². The summed E-state index contributed by atoms with van der Waals surface area (Å²) in [5, 5.41) is 14.8. The van der Waals surface area contributed by atoms with Gasteiger partial charge in [-0.2, -0.15) is 0 Å². The zero-order valence-corrected chi connectivity index (χ0v) is 14.6. The van der Waals surface area contributed by atoms with Gasteiger partial charge in [-0.1, -0.05) is 13.8 Å². The van der Waals surface area contributed by atoms with Crippen LogP contribution >= 0.6 is 11.3 Å². The molecule has 0 saturated carbocycles. The molecule has 2 rings (SSSR count). The second-order valence-electron chi connectivity index (χ2n) is 5.63. The molecule has 0 radical (unpaired) electrons. The minimum absolute atomic E-state index is 0.133. The number of aromatic nitrogens is 2. The van der Waals surface area contributed by atoms with Crippen molar-refractivity contribution < 1.29 is 14.7 Å². The molecule has 2 aromatic heterocycles. The van der Waals surface area contributed by atoms with Gasteiger partial charge in [0, 0.05) is 29.9 Å². The van der Waals surface area contributed by atoms with Crippen molar-refractivity contribution in [3.05, 3.63) is 35.6 Å². The summed E-state index contributed by atoms with van der Waals surface area (Å²) in [6, 6.07) is 3.75. The monoisotopic (exact) mass is 347 g/mol. The van der Waals surface area contributed by atoms with Gasteiger partial charge in [-0.05, 0) is 25.0 Å². The maximum absolute atomic E-state index is 12.1. The van der Waals surface area contributed by atoms with Gasteiger partial charge in [0.25, 0.3) is 0 Å². The van der Waals surface area contributed by atoms with E-state index in [1.165, 1.54) is 11.3 Å². The van der Waals surface area contributed by atoms with Crippen LogP contribution in [0.15, 0.2) is 29.9 Å². The quantitative estimate of drug-likeness (QED) is 0.766. The van der Waals surface area contributed by atoms with Gasteiger partial charge in [0.05, 0.1) is 17.5 Å². The van der Waals surface area contributed by atoms with Crippen LogP contribution in [0.25, 0.3) is 10.6 Å². The standard InChI is InChI=1S/C17H21N3O3S/c1-3-17(4-2,16(22)23)11-19-14(21)8-13-10-24-15(20-13)12-6-5-7-18-9-12/h5-7,9-10H,3-4,8,11H2,1-2H3,(H,19,21)(H,22,23). The highest BCUT2D eigenvalue weighted by atomic mass is 32.1. The molecule has 2 heterocycles. The molecule has 6 nitrogen and oxygen atoms in total. The third-order valence-electron chi connectivity index (χ3n) is 4.23. The SMILES string of the molecule is CCC(CC)(CNC(=O)Cc1csc(-c2cccnc2)n1)C(=O)O. The normalized spacial score (nSPS) is 11.2. The summed E-state index contributed by atoms with van der Waals surface area (Å²) < 4.78 is 0. The summed E-state index contributed by atoms with van der Waals surface area (Å²) in [5.41, 5.74) is 0.680. The molecule has 128 valence electrons. The molecule has 0 unspecified atom stereocenters. The number of hydrogen-bond acceptors (Lipinski definition) is 5. The molecule has 0 aromatic carbocycles. The van der Waals surface area contributed by atoms with Gasteiger partial charge in [-0.3, -0.25) is 14.6 Å². The molecule has 1 amide bonds. The molecule has 0 aliphatic heterocycles. The Morgan fingerprint density at radius 2 is 2.08 bits per heavy atom. The van der Waals surface area contributed by atoms with E-state index in [-0.39, 0.29) is 18.9 Å². The lowest BCUT2D eigenvalue weighted by molar-refractivity contribution is -0.149. The van der Waals surface area contributed by atoms with Gasteiger partial charge in [-0.15, -0.1) is 11.3 Å². The van der Waals surface area contributed by atoms with Crippen molar-refractivity contribution in [2.24, 2.45) is 5.41 Å². The lowest BCUT2D eigenvalue weighted by Gasteiger charge is -2.26. The number of hydrogen-bond donors (Lipinski definition) is 2. The zero-order chi connectivity index (χ0) is 17.6. The van der Waals surface area contributed by atoms with Gasteiger partial charge >= 0.3 is 5.97 Å². The van der Waals surface area contributed by atoms with Crippen molar-refractivity contribution in [1.82, 2.24) is 15.3 Å². The lowest BCUT2D eigenvalue weighted by Crippen LogP contribution is -2.42. The Morgan fingerprint density at radius 3 is 2.67 bits per heavy atom. The first-order chi connectivity index (χ1) is 11.5. The molecule has 0 bridgehead atoms. The van der Waals surface area contributed by atoms with Crippen LogP contribution in [0.4, 0.5) is 0 Å². The van der Waals surface area contributed by atoms with Crippen LogP contribution < -0.4 is 5.32 Å². The molecular formula is C17H21N3O3S. The largest absolute Gasteiger partial charge is 0.481 e. The number of pyridine rings is 1. The van der Waals surface area contributed by atoms with Gasteiger partial charge in [0.2, 0.25) is 5.91 Å². The number of amides is 1. The number of rotatable bonds is 8. The Bertz CT molecular complexity index is 696. The minimum Gasteiger partial charge on any atom is -0.481 e. The summed E-state index contributed by atoms with van der Waals surface area (Å²) in [6.45, 7) is 3.78. The Morgan fingerprint density at radius 1 is 1.33 bits per heavy atom. The molecule has 24 heavy (non-hydrogen) atoms. The summed E-state index contributed by atoms with van der Waals surface area (Å²) in [7, 11) is 0. The number of nitrogens with one attached hydrogen (secondary N) is 1. The van der Waals surface area contributed by atoms with E-state index in [0.29, 0.717) is 18.5 Å². The van der Waals surface area contributed by atoms with Crippen molar-refractivity contribution in [2.45, 2.75) is 33.1 Å². The van der Waals surface area contributed by atoms with Crippen molar-refractivity contribution in [2.75, 3.05) is 6.54 Å². The fourth-order valence-corrected chi connectivity index (χ4v) is 3.19. The van der Waals surface area contributed by atoms with E-state index >= 15 is 0 Å². The van der Waals surface area contributed by atoms with Crippen LogP contribution in [0.1, 0.15) is 32.4 Å². The van der Waals surface area contributed by atoms with E-state index in [9.17, 15) is 14.7 Å². The highest BCUT2D eigenvalue weighted by molar-refractivity contribution is 7.13. The van der Waals surface area contributed by atoms with Gasteiger partial charge in [-0.25, -0.2) is 4.98 Å². The van der Waals surface area contributed by atoms with Gasteiger partial charge in [0.15, 0.2) is 0 Å². The number of carboxylic acids is 1. The predicted molar refractivity (Wildman–Crippen MR) is 92.7 cm³/mol. The number of nitrogens with zero attached hydrogens (tertiary/aromatic N) is 2. The minimum atomic E-state index is -0.904. The molecule has 2 N–H and O–H groups in total. The average Bonchev–Trinajstić information content (AvgIpc) is 3.05. The summed E-state index contributed by atoms with van der Waals surface area (Å²) >= 11 is 1.46. The predicted octanol–water partition coefficient (Wildman–Crippen LogP) is 2.75. The topological polar surface area (TPSA) is 92.2 Å². The Labute approximate surface area is 145 Å². The molecule has 0 spiro atoms. The van der Waals surface area contributed by atoms with Gasteiger partial charge in [0.1, 0.15) is 5.01 Å². The summed E-state index contributed by atoms with van der Waals surface area (Å²) in [4.78, 5) is 32.1. The molecule has 0 fully saturated rings. The number of aliphatic carboxylic acids is 1. The first-order valence-corrected chi connectivity index (χ1v) is 8.73. The first kappa shape index (κ1) is 18.1. The van der Waals surface area contributed by atoms with E-state index < -0.39 is 11.4 Å². The summed E-state index contributed by atoms with van der Waals surface area (Å²) in [6.07, 6.45) is 4.51. The Balaban J connectivity index is 1.96. The molecule has 0 saturated heterocycles. The van der Waals surface area contributed by atoms with E-state index in [0.717, 1.165) is 10.6 Å². The third-order valence-corrected chi connectivity index (χ3v) is 5.17. The molecule has 0 atom stereocenters. The van der Waals surface area contributed by atoms with Crippen LogP contribution in [0.2, 0.25) is 0 Å². The maximum Gasteiger partial charge on any atom is 0.311 e. The van der Waals surface area contributed by atoms with E-state index in [2.05, 4.69) is 15.3 Å². The number of carboxylic acid groups (broad SMARTS) is 1. The maximum atomic E-state index is 12.1. The van der Waals surface area contributed by atoms with E-state index in [1.807, 2.05) is 31.4 Å². The number of thiazole rings is 1. The van der Waals surface area contributed by atoms with Gasteiger partial charge < -0.3 is 10.4 Å². The lowest BCUT2D eigenvalue weighted by atomic mass is 9.82. The first-order valence-electron chi connectivity index (χ1n) is 7.85. The van der Waals surface area contributed by atoms with Crippen LogP contribution in [-0.2, 0) is 16.0 Å². The summed E-state index contributed by atoms with van der Waals surface area (Å²) in [5.74, 6) is -1.09. The smallest absolute Gasteiger partial charge is 0.311 e. The van der Waals surface area contributed by atoms with Crippen molar-refractivity contribution in [3.8, 4) is 10.6 Å². The van der Waals surface area contributed by atoms with Crippen molar-refractivity contribution in [1.29, 1.82) is 0 Å². The van der Waals surface area contributed by atoms with Crippen molar-refractivity contribution in [3.63, 3.8) is 0 Å². The fraction of sp³-hybridized carbons (Fsp3) is 0.412. The highest BCUT2D eigenvalue weighted by Crippen LogP contribution is 2.26. The second kappa shape index (κ2) is 8.01. The second-order valence-corrected chi connectivity index (χ2v) is 6.49. The zero-order valence-electron chi connectivity index (χ0n) is 13.8. The number of carbonyl (C=O) groups excluding carboxylic acids is 1.